The Labute approximate surface area is 135 Å². The van der Waals surface area contributed by atoms with Gasteiger partial charge in [0.2, 0.25) is 0 Å². The molecule has 7 heteroatoms. The van der Waals surface area contributed by atoms with Crippen LogP contribution >= 0.6 is 11.8 Å². The van der Waals surface area contributed by atoms with E-state index in [0.717, 1.165) is 5.52 Å². The van der Waals surface area contributed by atoms with Gasteiger partial charge in [-0.3, -0.25) is 4.79 Å². The lowest BCUT2D eigenvalue weighted by molar-refractivity contribution is -0.118. The number of rotatable bonds is 5. The number of aromatic nitrogens is 1. The Morgan fingerprint density at radius 1 is 1.30 bits per heavy atom. The number of carbonyl (C=O) groups is 1. The smallest absolute Gasteiger partial charge is 0.257 e. The SMILES string of the molecule is O=C(CSc1nc2ccccc2o1)NN=Cc1cccc(F)c1. The Morgan fingerprint density at radius 3 is 3.00 bits per heavy atom. The molecule has 5 nitrogen and oxygen atoms in total. The molecule has 0 saturated carbocycles. The second-order valence-electron chi connectivity index (χ2n) is 4.58. The summed E-state index contributed by atoms with van der Waals surface area (Å²) in [6.07, 6.45) is 1.38. The topological polar surface area (TPSA) is 67.5 Å². The van der Waals surface area contributed by atoms with Gasteiger partial charge in [0, 0.05) is 0 Å². The van der Waals surface area contributed by atoms with E-state index in [9.17, 15) is 9.18 Å². The minimum Gasteiger partial charge on any atom is -0.431 e. The molecule has 3 aromatic rings. The fourth-order valence-corrected chi connectivity index (χ4v) is 2.47. The summed E-state index contributed by atoms with van der Waals surface area (Å²) in [5, 5.41) is 4.21. The number of para-hydroxylation sites is 2. The van der Waals surface area contributed by atoms with Gasteiger partial charge in [-0.15, -0.1) is 0 Å². The van der Waals surface area contributed by atoms with E-state index in [1.807, 2.05) is 24.3 Å². The highest BCUT2D eigenvalue weighted by molar-refractivity contribution is 7.99. The van der Waals surface area contributed by atoms with Crippen molar-refractivity contribution >= 4 is 35.0 Å². The second kappa shape index (κ2) is 7.06. The summed E-state index contributed by atoms with van der Waals surface area (Å²) in [5.74, 6) is -0.537. The molecule has 0 radical (unpaired) electrons. The van der Waals surface area contributed by atoms with Crippen LogP contribution in [0.4, 0.5) is 4.39 Å². The zero-order chi connectivity index (χ0) is 16.1. The van der Waals surface area contributed by atoms with Crippen molar-refractivity contribution < 1.29 is 13.6 Å². The number of hydrazone groups is 1. The highest BCUT2D eigenvalue weighted by atomic mass is 32.2. The first-order valence-corrected chi connectivity index (χ1v) is 7.75. The average Bonchev–Trinajstić information content (AvgIpc) is 2.96. The van der Waals surface area contributed by atoms with Crippen molar-refractivity contribution in [2.45, 2.75) is 5.22 Å². The van der Waals surface area contributed by atoms with Gasteiger partial charge in [0.05, 0.1) is 12.0 Å². The fourth-order valence-electron chi connectivity index (χ4n) is 1.84. The molecule has 2 aromatic carbocycles. The zero-order valence-corrected chi connectivity index (χ0v) is 12.7. The van der Waals surface area contributed by atoms with Gasteiger partial charge in [0.25, 0.3) is 11.1 Å². The maximum atomic E-state index is 13.0. The number of fused-ring (bicyclic) bond motifs is 1. The number of nitrogens with zero attached hydrogens (tertiary/aromatic N) is 2. The second-order valence-corrected chi connectivity index (χ2v) is 5.51. The molecular weight excluding hydrogens is 317 g/mol. The van der Waals surface area contributed by atoms with Crippen molar-refractivity contribution in [2.24, 2.45) is 5.10 Å². The van der Waals surface area contributed by atoms with Crippen LogP contribution in [0.15, 0.2) is 63.3 Å². The summed E-state index contributed by atoms with van der Waals surface area (Å²) in [6.45, 7) is 0. The Morgan fingerprint density at radius 2 is 2.17 bits per heavy atom. The van der Waals surface area contributed by atoms with Crippen LogP contribution in [0.3, 0.4) is 0 Å². The third-order valence-electron chi connectivity index (χ3n) is 2.85. The van der Waals surface area contributed by atoms with Gasteiger partial charge in [-0.25, -0.2) is 14.8 Å². The molecule has 3 rings (SSSR count). The first-order chi connectivity index (χ1) is 11.2. The van der Waals surface area contributed by atoms with Crippen LogP contribution in [-0.4, -0.2) is 22.9 Å². The van der Waals surface area contributed by atoms with Crippen molar-refractivity contribution in [3.05, 3.63) is 59.9 Å². The monoisotopic (exact) mass is 329 g/mol. The predicted octanol–water partition coefficient (Wildman–Crippen LogP) is 3.21. The number of nitrogens with one attached hydrogen (secondary N) is 1. The molecule has 1 aromatic heterocycles. The van der Waals surface area contributed by atoms with Crippen molar-refractivity contribution in [3.8, 4) is 0 Å². The van der Waals surface area contributed by atoms with Gasteiger partial charge in [0.15, 0.2) is 5.58 Å². The number of hydrogen-bond donors (Lipinski definition) is 1. The normalized spacial score (nSPS) is 11.2. The molecule has 0 atom stereocenters. The summed E-state index contributed by atoms with van der Waals surface area (Å²) in [6, 6.07) is 13.3. The van der Waals surface area contributed by atoms with Gasteiger partial charge in [-0.1, -0.05) is 36.0 Å². The van der Waals surface area contributed by atoms with Gasteiger partial charge in [-0.05, 0) is 29.8 Å². The molecule has 0 saturated heterocycles. The van der Waals surface area contributed by atoms with Crippen LogP contribution in [0.25, 0.3) is 11.1 Å². The number of oxazole rings is 1. The lowest BCUT2D eigenvalue weighted by atomic mass is 10.2. The van der Waals surface area contributed by atoms with Crippen LogP contribution in [0.5, 0.6) is 0 Å². The van der Waals surface area contributed by atoms with E-state index >= 15 is 0 Å². The molecule has 0 fully saturated rings. The highest BCUT2D eigenvalue weighted by Crippen LogP contribution is 2.22. The van der Waals surface area contributed by atoms with Gasteiger partial charge in [-0.2, -0.15) is 5.10 Å². The molecule has 1 amide bonds. The number of carbonyl (C=O) groups excluding carboxylic acids is 1. The lowest BCUT2D eigenvalue weighted by Crippen LogP contribution is -2.19. The standard InChI is InChI=1S/C16H12FN3O2S/c17-12-5-3-4-11(8-12)9-18-20-15(21)10-23-16-19-13-6-1-2-7-14(13)22-16/h1-9H,10H2,(H,20,21). The summed E-state index contributed by atoms with van der Waals surface area (Å²) in [4.78, 5) is 16.0. The number of hydrogen-bond acceptors (Lipinski definition) is 5. The number of thioether (sulfide) groups is 1. The van der Waals surface area contributed by atoms with E-state index in [-0.39, 0.29) is 17.5 Å². The Bertz CT molecular complexity index is 830. The Hall–Kier alpha value is -2.67. The van der Waals surface area contributed by atoms with Crippen LogP contribution in [0.2, 0.25) is 0 Å². The van der Waals surface area contributed by atoms with Gasteiger partial charge >= 0.3 is 0 Å². The lowest BCUT2D eigenvalue weighted by Gasteiger charge is -1.97. The van der Waals surface area contributed by atoms with Crippen LogP contribution < -0.4 is 5.43 Å². The van der Waals surface area contributed by atoms with Crippen LogP contribution in [-0.2, 0) is 4.79 Å². The van der Waals surface area contributed by atoms with E-state index in [1.165, 1.54) is 30.1 Å². The van der Waals surface area contributed by atoms with Crippen LogP contribution in [0, 0.1) is 5.82 Å². The Balaban J connectivity index is 1.51. The molecular formula is C16H12FN3O2S. The molecule has 1 heterocycles. The van der Waals surface area contributed by atoms with Crippen molar-refractivity contribution in [1.82, 2.24) is 10.4 Å². The fraction of sp³-hybridized carbons (Fsp3) is 0.0625. The molecule has 0 aliphatic carbocycles. The first-order valence-electron chi connectivity index (χ1n) is 6.76. The third-order valence-corrected chi connectivity index (χ3v) is 3.68. The Kier molecular flexibility index (Phi) is 4.68. The summed E-state index contributed by atoms with van der Waals surface area (Å²) in [5.41, 5.74) is 4.37. The third kappa shape index (κ3) is 4.17. The first kappa shape index (κ1) is 15.2. The summed E-state index contributed by atoms with van der Waals surface area (Å²) < 4.78 is 18.5. The van der Waals surface area contributed by atoms with E-state index in [2.05, 4.69) is 15.5 Å². The highest BCUT2D eigenvalue weighted by Gasteiger charge is 2.08. The van der Waals surface area contributed by atoms with E-state index in [1.54, 1.807) is 12.1 Å². The zero-order valence-electron chi connectivity index (χ0n) is 11.9. The van der Waals surface area contributed by atoms with Crippen LogP contribution in [0.1, 0.15) is 5.56 Å². The van der Waals surface area contributed by atoms with Crippen molar-refractivity contribution in [1.29, 1.82) is 0 Å². The summed E-state index contributed by atoms with van der Waals surface area (Å²) in [7, 11) is 0. The average molecular weight is 329 g/mol. The molecule has 116 valence electrons. The maximum Gasteiger partial charge on any atom is 0.257 e. The van der Waals surface area contributed by atoms with Crippen molar-refractivity contribution in [3.63, 3.8) is 0 Å². The van der Waals surface area contributed by atoms with Crippen molar-refractivity contribution in [2.75, 3.05) is 5.75 Å². The van der Waals surface area contributed by atoms with E-state index in [0.29, 0.717) is 16.4 Å². The molecule has 0 aliphatic heterocycles. The number of halogens is 1. The molecule has 0 bridgehead atoms. The largest absolute Gasteiger partial charge is 0.431 e. The molecule has 0 unspecified atom stereocenters. The van der Waals surface area contributed by atoms with Gasteiger partial charge < -0.3 is 4.42 Å². The van der Waals surface area contributed by atoms with Gasteiger partial charge in [0.1, 0.15) is 11.3 Å². The molecule has 0 aliphatic rings. The quantitative estimate of drug-likeness (QED) is 0.443. The molecule has 0 spiro atoms. The molecule has 1 N–H and O–H groups in total. The predicted molar refractivity (Wildman–Crippen MR) is 86.9 cm³/mol. The number of benzene rings is 2. The summed E-state index contributed by atoms with van der Waals surface area (Å²) >= 11 is 1.18. The van der Waals surface area contributed by atoms with E-state index < -0.39 is 0 Å². The molecule has 23 heavy (non-hydrogen) atoms. The minimum atomic E-state index is -0.355. The maximum absolute atomic E-state index is 13.0. The van der Waals surface area contributed by atoms with E-state index in [4.69, 9.17) is 4.42 Å². The minimum absolute atomic E-state index is 0.118. The number of amides is 1.